The molecule has 0 N–H and O–H groups in total. The summed E-state index contributed by atoms with van der Waals surface area (Å²) in [5, 5.41) is 0.738. The van der Waals surface area contributed by atoms with Gasteiger partial charge in [0.15, 0.2) is 9.58 Å². The van der Waals surface area contributed by atoms with Crippen molar-refractivity contribution in [1.82, 2.24) is 0 Å². The van der Waals surface area contributed by atoms with Gasteiger partial charge >= 0.3 is 5.51 Å². The van der Waals surface area contributed by atoms with Gasteiger partial charge in [-0.15, -0.1) is 13.2 Å². The third kappa shape index (κ3) is 3.72. The predicted octanol–water partition coefficient (Wildman–Crippen LogP) is 3.32. The standard InChI is InChI=1S/C16H20F3S.ClH/c1-5-6-13-9-11-7-8-12(15(2,3)4)10-14(11)20(13)16(17,18)19;/h7-10H,5-6H2,1-4H3;1H/q+1;/p-1. The number of thiophene rings is 1. The quantitative estimate of drug-likeness (QED) is 0.738. The molecule has 0 aliphatic carbocycles. The molecule has 21 heavy (non-hydrogen) atoms. The fourth-order valence-electron chi connectivity index (χ4n) is 2.36. The Labute approximate surface area is 132 Å². The first-order valence-corrected chi connectivity index (χ1v) is 8.03. The maximum atomic E-state index is 13.4. The SMILES string of the molecule is CCCc1cc2ccc(C(C)(C)C)cc2[s+]1C(F)(F)F.[Cl-]. The molecule has 0 amide bonds. The highest BCUT2D eigenvalue weighted by Crippen LogP contribution is 2.51. The topological polar surface area (TPSA) is 0 Å². The second-order valence-electron chi connectivity index (χ2n) is 6.12. The number of benzene rings is 1. The molecule has 2 aromatic rings. The van der Waals surface area contributed by atoms with Gasteiger partial charge in [-0.2, -0.15) is 0 Å². The van der Waals surface area contributed by atoms with E-state index in [1.54, 1.807) is 12.1 Å². The van der Waals surface area contributed by atoms with Crippen LogP contribution in [0.5, 0.6) is 0 Å². The molecule has 118 valence electrons. The van der Waals surface area contributed by atoms with Crippen LogP contribution in [0.2, 0.25) is 0 Å². The van der Waals surface area contributed by atoms with Gasteiger partial charge in [-0.1, -0.05) is 33.8 Å². The maximum absolute atomic E-state index is 13.4. The molecule has 1 heterocycles. The first kappa shape index (κ1) is 18.3. The molecule has 0 saturated carbocycles. The van der Waals surface area contributed by atoms with Gasteiger partial charge in [0, 0.05) is 23.9 Å². The van der Waals surface area contributed by atoms with Crippen LogP contribution in [0.1, 0.15) is 44.6 Å². The molecule has 0 saturated heterocycles. The molecule has 0 aliphatic rings. The minimum absolute atomic E-state index is 0. The van der Waals surface area contributed by atoms with Crippen LogP contribution in [-0.2, 0) is 17.3 Å². The molecule has 1 aromatic carbocycles. The van der Waals surface area contributed by atoms with Crippen LogP contribution in [0.4, 0.5) is 13.2 Å². The Morgan fingerprint density at radius 3 is 2.14 bits per heavy atom. The van der Waals surface area contributed by atoms with Crippen molar-refractivity contribution in [2.75, 3.05) is 0 Å². The minimum Gasteiger partial charge on any atom is -1.00 e. The summed E-state index contributed by atoms with van der Waals surface area (Å²) in [7, 11) is -1.74. The summed E-state index contributed by atoms with van der Waals surface area (Å²) in [5.74, 6) is 0. The number of hydrogen-bond donors (Lipinski definition) is 0. The van der Waals surface area contributed by atoms with Crippen LogP contribution in [0.25, 0.3) is 10.1 Å². The highest BCUT2D eigenvalue weighted by Gasteiger charge is 2.47. The lowest BCUT2D eigenvalue weighted by molar-refractivity contribution is -0.0867. The second-order valence-corrected chi connectivity index (χ2v) is 8.15. The molecular formula is C16H20ClF3S. The smallest absolute Gasteiger partial charge is 0.600 e. The first-order chi connectivity index (χ1) is 9.14. The Kier molecular flexibility index (Phi) is 5.38. The van der Waals surface area contributed by atoms with E-state index in [1.165, 1.54) is 0 Å². The zero-order valence-electron chi connectivity index (χ0n) is 12.6. The summed E-state index contributed by atoms with van der Waals surface area (Å²) in [5.41, 5.74) is -3.35. The second kappa shape index (κ2) is 6.17. The van der Waals surface area contributed by atoms with Crippen LogP contribution >= 0.6 is 10.5 Å². The van der Waals surface area contributed by atoms with Gasteiger partial charge in [0.25, 0.3) is 0 Å². The van der Waals surface area contributed by atoms with Crippen molar-refractivity contribution in [3.8, 4) is 0 Å². The summed E-state index contributed by atoms with van der Waals surface area (Å²) < 4.78 is 40.7. The third-order valence-electron chi connectivity index (χ3n) is 3.41. The molecule has 0 bridgehead atoms. The average molecular weight is 337 g/mol. The zero-order chi connectivity index (χ0) is 15.1. The summed E-state index contributed by atoms with van der Waals surface area (Å²) in [4.78, 5) is 0.529. The Morgan fingerprint density at radius 1 is 1.05 bits per heavy atom. The van der Waals surface area contributed by atoms with Crippen LogP contribution in [0, 0.1) is 0 Å². The van der Waals surface area contributed by atoms with Crippen LogP contribution in [0.3, 0.4) is 0 Å². The van der Waals surface area contributed by atoms with Crippen LogP contribution in [-0.4, -0.2) is 0 Å². The molecule has 0 spiro atoms. The van der Waals surface area contributed by atoms with Gasteiger partial charge in [0.1, 0.15) is 0 Å². The Morgan fingerprint density at radius 2 is 1.67 bits per heavy atom. The van der Waals surface area contributed by atoms with E-state index in [0.717, 1.165) is 17.4 Å². The van der Waals surface area contributed by atoms with Crippen molar-refractivity contribution in [2.24, 2.45) is 0 Å². The molecule has 2 rings (SSSR count). The molecule has 1 aromatic heterocycles. The van der Waals surface area contributed by atoms with E-state index in [1.807, 2.05) is 39.8 Å². The molecule has 5 heteroatoms. The largest absolute Gasteiger partial charge is 1.00 e. The lowest BCUT2D eigenvalue weighted by Gasteiger charge is -2.18. The number of rotatable bonds is 2. The highest BCUT2D eigenvalue weighted by atomic mass is 35.5. The van der Waals surface area contributed by atoms with Gasteiger partial charge in [-0.25, -0.2) is 0 Å². The average Bonchev–Trinajstić information content (AvgIpc) is 2.64. The normalized spacial score (nSPS) is 13.4. The van der Waals surface area contributed by atoms with Crippen molar-refractivity contribution < 1.29 is 25.6 Å². The Balaban J connectivity index is 0.00000220. The van der Waals surface area contributed by atoms with Crippen molar-refractivity contribution in [1.29, 1.82) is 0 Å². The van der Waals surface area contributed by atoms with Gasteiger partial charge in [0.2, 0.25) is 0 Å². The number of hydrogen-bond acceptors (Lipinski definition) is 0. The van der Waals surface area contributed by atoms with Gasteiger partial charge in [0.05, 0.1) is 10.5 Å². The Hall–Kier alpha value is -0.740. The minimum atomic E-state index is -4.18. The molecule has 0 aliphatic heterocycles. The predicted molar refractivity (Wildman–Crippen MR) is 80.4 cm³/mol. The van der Waals surface area contributed by atoms with Crippen molar-refractivity contribution >= 4 is 20.6 Å². The van der Waals surface area contributed by atoms with Crippen molar-refractivity contribution in [3.63, 3.8) is 0 Å². The fraction of sp³-hybridized carbons (Fsp3) is 0.500. The lowest BCUT2D eigenvalue weighted by atomic mass is 9.87. The molecule has 0 fully saturated rings. The van der Waals surface area contributed by atoms with E-state index < -0.39 is 16.0 Å². The van der Waals surface area contributed by atoms with Crippen molar-refractivity contribution in [3.05, 3.63) is 34.7 Å². The first-order valence-electron chi connectivity index (χ1n) is 6.81. The number of alkyl halides is 3. The van der Waals surface area contributed by atoms with Gasteiger partial charge in [-0.3, -0.25) is 0 Å². The van der Waals surface area contributed by atoms with E-state index in [-0.39, 0.29) is 17.8 Å². The number of aryl methyl sites for hydroxylation is 1. The molecule has 1 unspecified atom stereocenters. The van der Waals surface area contributed by atoms with Gasteiger partial charge in [-0.05, 0) is 23.5 Å². The van der Waals surface area contributed by atoms with Crippen molar-refractivity contribution in [2.45, 2.75) is 51.5 Å². The summed E-state index contributed by atoms with van der Waals surface area (Å²) in [6.45, 7) is 7.99. The fourth-order valence-corrected chi connectivity index (χ4v) is 4.45. The van der Waals surface area contributed by atoms with E-state index in [4.69, 9.17) is 0 Å². The van der Waals surface area contributed by atoms with Gasteiger partial charge < -0.3 is 12.4 Å². The van der Waals surface area contributed by atoms with E-state index >= 15 is 0 Å². The summed E-state index contributed by atoms with van der Waals surface area (Å²) >= 11 is 0. The van der Waals surface area contributed by atoms with Crippen LogP contribution < -0.4 is 12.4 Å². The van der Waals surface area contributed by atoms with Crippen LogP contribution in [0.15, 0.2) is 24.3 Å². The number of halogens is 4. The van der Waals surface area contributed by atoms with E-state index in [0.29, 0.717) is 16.0 Å². The third-order valence-corrected chi connectivity index (χ3v) is 5.51. The monoisotopic (exact) mass is 336 g/mol. The number of fused-ring (bicyclic) bond motifs is 1. The summed E-state index contributed by atoms with van der Waals surface area (Å²) in [6, 6.07) is 7.28. The summed E-state index contributed by atoms with van der Waals surface area (Å²) in [6.07, 6.45) is 1.26. The van der Waals surface area contributed by atoms with E-state index in [2.05, 4.69) is 0 Å². The maximum Gasteiger partial charge on any atom is 0.600 e. The Bertz CT molecular complexity index is 621. The van der Waals surface area contributed by atoms with E-state index in [9.17, 15) is 13.2 Å². The zero-order valence-corrected chi connectivity index (χ0v) is 14.2. The molecule has 1 atom stereocenters. The molecule has 0 radical (unpaired) electrons. The molecule has 0 nitrogen and oxygen atoms in total. The highest BCUT2D eigenvalue weighted by molar-refractivity contribution is 7.38. The molecular weight excluding hydrogens is 317 g/mol. The lowest BCUT2D eigenvalue weighted by Crippen LogP contribution is -3.00.